The number of carbonyl (C=O) groups is 1. The molecule has 1 aliphatic rings. The summed E-state index contributed by atoms with van der Waals surface area (Å²) in [6.45, 7) is 3.75. The molecule has 182 valence electrons. The summed E-state index contributed by atoms with van der Waals surface area (Å²) in [6, 6.07) is 18.7. The summed E-state index contributed by atoms with van der Waals surface area (Å²) in [4.78, 5) is 32.4. The summed E-state index contributed by atoms with van der Waals surface area (Å²) in [5.41, 5.74) is 2.24. The fraction of sp³-hybridized carbons (Fsp3) is 0.179. The molecule has 3 aromatic carbocycles. The first kappa shape index (κ1) is 24.2. The van der Waals surface area contributed by atoms with Gasteiger partial charge < -0.3 is 9.47 Å². The average Bonchev–Trinajstić information content (AvgIpc) is 3.18. The van der Waals surface area contributed by atoms with Gasteiger partial charge in [-0.2, -0.15) is 0 Å². The van der Waals surface area contributed by atoms with Crippen LogP contribution >= 0.6 is 27.3 Å². The molecule has 0 saturated heterocycles. The zero-order chi connectivity index (χ0) is 25.4. The summed E-state index contributed by atoms with van der Waals surface area (Å²) in [7, 11) is 1.59. The lowest BCUT2D eigenvalue weighted by Gasteiger charge is -2.27. The Balaban J connectivity index is 1.84. The first-order valence-electron chi connectivity index (χ1n) is 11.4. The summed E-state index contributed by atoms with van der Waals surface area (Å²) < 4.78 is 14.3. The molecule has 0 bridgehead atoms. The van der Waals surface area contributed by atoms with Crippen LogP contribution in [0.1, 0.15) is 31.0 Å². The quantitative estimate of drug-likeness (QED) is 0.330. The van der Waals surface area contributed by atoms with Crippen LogP contribution in [0.15, 0.2) is 86.2 Å². The molecule has 6 nitrogen and oxygen atoms in total. The lowest BCUT2D eigenvalue weighted by atomic mass is 9.90. The van der Waals surface area contributed by atoms with Crippen molar-refractivity contribution in [2.24, 2.45) is 4.99 Å². The van der Waals surface area contributed by atoms with Crippen molar-refractivity contribution in [3.05, 3.63) is 107 Å². The molecule has 0 saturated carbocycles. The Morgan fingerprint density at radius 1 is 1.14 bits per heavy atom. The Bertz CT molecular complexity index is 1700. The maximum Gasteiger partial charge on any atom is 0.338 e. The highest BCUT2D eigenvalue weighted by Gasteiger charge is 2.36. The summed E-state index contributed by atoms with van der Waals surface area (Å²) in [6.07, 6.45) is 1.84. The van der Waals surface area contributed by atoms with Gasteiger partial charge in [0.15, 0.2) is 4.80 Å². The van der Waals surface area contributed by atoms with E-state index in [1.54, 1.807) is 25.5 Å². The van der Waals surface area contributed by atoms with E-state index >= 15 is 0 Å². The normalized spacial score (nSPS) is 15.6. The van der Waals surface area contributed by atoms with Gasteiger partial charge in [-0.3, -0.25) is 9.36 Å². The fourth-order valence-corrected chi connectivity index (χ4v) is 5.82. The number of allylic oxidation sites excluding steroid dienone is 1. The van der Waals surface area contributed by atoms with Gasteiger partial charge in [0.05, 0.1) is 29.5 Å². The van der Waals surface area contributed by atoms with E-state index in [1.807, 2.05) is 66.7 Å². The minimum atomic E-state index is -0.756. The van der Waals surface area contributed by atoms with E-state index in [9.17, 15) is 9.59 Å². The van der Waals surface area contributed by atoms with Gasteiger partial charge in [-0.15, -0.1) is 0 Å². The molecule has 0 unspecified atom stereocenters. The van der Waals surface area contributed by atoms with Gasteiger partial charge in [-0.1, -0.05) is 69.7 Å². The third kappa shape index (κ3) is 4.20. The number of esters is 1. The predicted molar refractivity (Wildman–Crippen MR) is 145 cm³/mol. The number of carbonyl (C=O) groups excluding carboxylic acids is 1. The van der Waals surface area contributed by atoms with Crippen molar-refractivity contribution in [1.82, 2.24) is 4.57 Å². The number of nitrogens with zero attached hydrogens (tertiary/aromatic N) is 2. The Morgan fingerprint density at radius 3 is 2.61 bits per heavy atom. The minimum Gasteiger partial charge on any atom is -0.496 e. The van der Waals surface area contributed by atoms with Gasteiger partial charge >= 0.3 is 5.97 Å². The molecule has 0 spiro atoms. The van der Waals surface area contributed by atoms with E-state index in [-0.39, 0.29) is 12.2 Å². The second-order valence-corrected chi connectivity index (χ2v) is 10.2. The van der Waals surface area contributed by atoms with Gasteiger partial charge in [0.1, 0.15) is 11.8 Å². The van der Waals surface area contributed by atoms with Gasteiger partial charge in [0.2, 0.25) is 0 Å². The molecule has 1 aromatic heterocycles. The van der Waals surface area contributed by atoms with Crippen molar-refractivity contribution in [1.29, 1.82) is 0 Å². The molecule has 0 amide bonds. The number of rotatable bonds is 5. The number of benzene rings is 3. The number of halogens is 1. The van der Waals surface area contributed by atoms with Gasteiger partial charge in [-0.25, -0.2) is 9.79 Å². The van der Waals surface area contributed by atoms with Crippen molar-refractivity contribution < 1.29 is 14.3 Å². The predicted octanol–water partition coefficient (Wildman–Crippen LogP) is 4.72. The zero-order valence-corrected chi connectivity index (χ0v) is 22.4. The van der Waals surface area contributed by atoms with Crippen LogP contribution in [0, 0.1) is 0 Å². The number of ether oxygens (including phenoxy) is 2. The first-order valence-corrected chi connectivity index (χ1v) is 13.0. The Labute approximate surface area is 220 Å². The molecule has 1 aliphatic heterocycles. The lowest BCUT2D eigenvalue weighted by Crippen LogP contribution is -2.40. The fourth-order valence-electron chi connectivity index (χ4n) is 4.51. The molecule has 36 heavy (non-hydrogen) atoms. The SMILES string of the molecule is CCOC(=O)C1=C(C)N=c2s/c(=C\c3ccc(Br)cc3)c(=O)n2[C@H]1c1c(OC)ccc2ccccc12. The van der Waals surface area contributed by atoms with Crippen molar-refractivity contribution in [3.63, 3.8) is 0 Å². The van der Waals surface area contributed by atoms with E-state index in [2.05, 4.69) is 20.9 Å². The van der Waals surface area contributed by atoms with Gasteiger partial charge in [0.25, 0.3) is 5.56 Å². The molecule has 2 heterocycles. The second kappa shape index (κ2) is 9.87. The molecule has 1 atom stereocenters. The number of methoxy groups -OCH3 is 1. The highest BCUT2D eigenvalue weighted by molar-refractivity contribution is 9.10. The third-order valence-electron chi connectivity index (χ3n) is 6.11. The van der Waals surface area contributed by atoms with Crippen LogP contribution in [-0.4, -0.2) is 24.3 Å². The van der Waals surface area contributed by atoms with E-state index < -0.39 is 12.0 Å². The first-order chi connectivity index (χ1) is 17.4. The number of thiazole rings is 1. The van der Waals surface area contributed by atoms with Crippen molar-refractivity contribution >= 4 is 50.1 Å². The maximum absolute atomic E-state index is 13.9. The number of fused-ring (bicyclic) bond motifs is 2. The third-order valence-corrected chi connectivity index (χ3v) is 7.62. The smallest absolute Gasteiger partial charge is 0.338 e. The molecule has 8 heteroatoms. The van der Waals surface area contributed by atoms with Crippen LogP contribution in [0.5, 0.6) is 5.75 Å². The summed E-state index contributed by atoms with van der Waals surface area (Å²) in [5, 5.41) is 1.86. The van der Waals surface area contributed by atoms with E-state index in [0.717, 1.165) is 26.4 Å². The van der Waals surface area contributed by atoms with Crippen LogP contribution in [0.4, 0.5) is 0 Å². The van der Waals surface area contributed by atoms with Crippen LogP contribution in [0.25, 0.3) is 16.8 Å². The largest absolute Gasteiger partial charge is 0.496 e. The Kier molecular flexibility index (Phi) is 6.64. The Hall–Kier alpha value is -3.49. The highest BCUT2D eigenvalue weighted by atomic mass is 79.9. The molecule has 0 radical (unpaired) electrons. The second-order valence-electron chi connectivity index (χ2n) is 8.26. The molecule has 0 N–H and O–H groups in total. The number of hydrogen-bond acceptors (Lipinski definition) is 6. The van der Waals surface area contributed by atoms with E-state index in [4.69, 9.17) is 9.47 Å². The summed E-state index contributed by atoms with van der Waals surface area (Å²) >= 11 is 4.74. The maximum atomic E-state index is 13.9. The number of aromatic nitrogens is 1. The minimum absolute atomic E-state index is 0.211. The molecule has 5 rings (SSSR count). The molecular formula is C28H23BrN2O4S. The topological polar surface area (TPSA) is 69.9 Å². The molecule has 0 aliphatic carbocycles. The number of hydrogen-bond donors (Lipinski definition) is 0. The van der Waals surface area contributed by atoms with Crippen molar-refractivity contribution in [2.75, 3.05) is 13.7 Å². The summed E-state index contributed by atoms with van der Waals surface area (Å²) in [5.74, 6) is 0.0821. The van der Waals surface area contributed by atoms with Crippen molar-refractivity contribution in [2.45, 2.75) is 19.9 Å². The van der Waals surface area contributed by atoms with Crippen molar-refractivity contribution in [3.8, 4) is 5.75 Å². The van der Waals surface area contributed by atoms with Gasteiger partial charge in [-0.05, 0) is 54.5 Å². The standard InChI is InChI=1S/C28H23BrN2O4S/c1-4-35-27(33)23-16(2)30-28-31(26(32)22(36-28)15-17-9-12-19(29)13-10-17)25(23)24-20-8-6-5-7-18(20)11-14-21(24)34-3/h5-15,25H,4H2,1-3H3/b22-15-/t25-/m1/s1. The Morgan fingerprint density at radius 2 is 1.89 bits per heavy atom. The van der Waals surface area contributed by atoms with Crippen LogP contribution in [-0.2, 0) is 9.53 Å². The van der Waals surface area contributed by atoms with Gasteiger partial charge in [0, 0.05) is 10.0 Å². The highest BCUT2D eigenvalue weighted by Crippen LogP contribution is 2.40. The van der Waals surface area contributed by atoms with Crippen LogP contribution in [0.3, 0.4) is 0 Å². The van der Waals surface area contributed by atoms with E-state index in [1.165, 1.54) is 11.3 Å². The van der Waals surface area contributed by atoms with Crippen LogP contribution < -0.4 is 19.6 Å². The van der Waals surface area contributed by atoms with Crippen LogP contribution in [0.2, 0.25) is 0 Å². The molecule has 4 aromatic rings. The van der Waals surface area contributed by atoms with E-state index in [0.29, 0.717) is 26.4 Å². The molecule has 0 fully saturated rings. The zero-order valence-electron chi connectivity index (χ0n) is 19.9. The lowest BCUT2D eigenvalue weighted by molar-refractivity contribution is -0.139. The molecular weight excluding hydrogens is 540 g/mol. The average molecular weight is 563 g/mol. The monoisotopic (exact) mass is 562 g/mol.